The van der Waals surface area contributed by atoms with Gasteiger partial charge in [-0.3, -0.25) is 4.79 Å². The third-order valence-electron chi connectivity index (χ3n) is 12.0. The van der Waals surface area contributed by atoms with Gasteiger partial charge in [-0.15, -0.1) is 0 Å². The van der Waals surface area contributed by atoms with Gasteiger partial charge >= 0.3 is 5.97 Å². The van der Waals surface area contributed by atoms with Crippen molar-refractivity contribution in [3.05, 3.63) is 30.1 Å². The summed E-state index contributed by atoms with van der Waals surface area (Å²) in [6, 6.07) is 8.64. The minimum Gasteiger partial charge on any atom is -0.481 e. The molecule has 8 saturated carbocycles. The Kier molecular flexibility index (Phi) is 3.46. The lowest BCUT2D eigenvalue weighted by Gasteiger charge is -2.73. The van der Waals surface area contributed by atoms with Gasteiger partial charge in [0.15, 0.2) is 0 Å². The number of para-hydroxylation sites is 2. The molecule has 1 N–H and O–H groups in total. The van der Waals surface area contributed by atoms with Gasteiger partial charge in [0, 0.05) is 12.5 Å². The van der Waals surface area contributed by atoms with E-state index in [2.05, 4.69) is 35.9 Å². The fourth-order valence-electron chi connectivity index (χ4n) is 11.9. The molecule has 8 bridgehead atoms. The molecule has 1 aromatic heterocycles. The van der Waals surface area contributed by atoms with Crippen molar-refractivity contribution in [1.82, 2.24) is 9.55 Å². The van der Waals surface area contributed by atoms with E-state index < -0.39 is 11.4 Å². The molecule has 0 spiro atoms. The number of rotatable bonds is 3. The highest BCUT2D eigenvalue weighted by molar-refractivity contribution is 5.76. The summed E-state index contributed by atoms with van der Waals surface area (Å²) < 4.78 is 2.41. The quantitative estimate of drug-likeness (QED) is 0.624. The molecule has 4 nitrogen and oxygen atoms in total. The number of fused-ring (bicyclic) bond motifs is 1. The summed E-state index contributed by atoms with van der Waals surface area (Å²) in [7, 11) is 2.24. The van der Waals surface area contributed by atoms with E-state index in [1.54, 1.807) is 0 Å². The molecule has 8 aliphatic carbocycles. The standard InChI is InChI=1S/C29H36N2O2/c1-31-23-5-3-2-4-22(23)30-24(31)26-8-18-6-19(9-26)13-28(12-18,16-26)29-14-20-7-21(15-29)11-27(10-20,17-29)25(32)33/h2-5,18-21H,6-17H2,1H3,(H,32,33). The fourth-order valence-corrected chi connectivity index (χ4v) is 11.9. The molecule has 10 rings (SSSR count). The normalized spacial score (nSPS) is 49.2. The summed E-state index contributed by atoms with van der Waals surface area (Å²) in [5.74, 6) is 3.78. The number of aliphatic carboxylic acids is 1. The largest absolute Gasteiger partial charge is 0.481 e. The van der Waals surface area contributed by atoms with Crippen LogP contribution in [0, 0.1) is 39.9 Å². The van der Waals surface area contributed by atoms with Gasteiger partial charge in [-0.25, -0.2) is 4.98 Å². The second kappa shape index (κ2) is 5.86. The Morgan fingerprint density at radius 3 is 2.06 bits per heavy atom. The van der Waals surface area contributed by atoms with Crippen LogP contribution in [0.5, 0.6) is 0 Å². The molecular weight excluding hydrogens is 408 g/mol. The summed E-state index contributed by atoms with van der Waals surface area (Å²) in [4.78, 5) is 17.9. The van der Waals surface area contributed by atoms with E-state index in [1.165, 1.54) is 69.1 Å². The van der Waals surface area contributed by atoms with Crippen molar-refractivity contribution in [2.75, 3.05) is 0 Å². The average Bonchev–Trinajstić information content (AvgIpc) is 3.09. The average molecular weight is 445 g/mol. The Labute approximate surface area is 196 Å². The van der Waals surface area contributed by atoms with Gasteiger partial charge in [0.2, 0.25) is 0 Å². The molecule has 8 aliphatic rings. The number of aryl methyl sites for hydroxylation is 1. The molecule has 8 fully saturated rings. The first-order valence-electron chi connectivity index (χ1n) is 13.5. The van der Waals surface area contributed by atoms with Gasteiger partial charge in [-0.1, -0.05) is 12.1 Å². The van der Waals surface area contributed by atoms with Crippen LogP contribution >= 0.6 is 0 Å². The van der Waals surface area contributed by atoms with Crippen molar-refractivity contribution in [3.63, 3.8) is 0 Å². The first kappa shape index (κ1) is 19.5. The predicted octanol–water partition coefficient (Wildman–Crippen LogP) is 6.08. The lowest BCUT2D eigenvalue weighted by Crippen LogP contribution is -2.66. The van der Waals surface area contributed by atoms with E-state index in [1.807, 2.05) is 0 Å². The molecule has 4 atom stereocenters. The number of benzene rings is 1. The maximum absolute atomic E-state index is 12.6. The monoisotopic (exact) mass is 444 g/mol. The predicted molar refractivity (Wildman–Crippen MR) is 127 cm³/mol. The number of carboxylic acid groups (broad SMARTS) is 1. The van der Waals surface area contributed by atoms with Crippen LogP contribution in [-0.4, -0.2) is 20.6 Å². The topological polar surface area (TPSA) is 55.1 Å². The second-order valence-electron chi connectivity index (χ2n) is 13.8. The summed E-state index contributed by atoms with van der Waals surface area (Å²) in [5, 5.41) is 10.4. The van der Waals surface area contributed by atoms with E-state index in [0.29, 0.717) is 17.3 Å². The first-order chi connectivity index (χ1) is 15.8. The third kappa shape index (κ3) is 2.29. The fraction of sp³-hybridized carbons (Fsp3) is 0.724. The van der Waals surface area contributed by atoms with Crippen LogP contribution in [0.4, 0.5) is 0 Å². The van der Waals surface area contributed by atoms with E-state index in [9.17, 15) is 9.90 Å². The molecule has 0 radical (unpaired) electrons. The SMILES string of the molecule is Cn1c(C23CC4CC(C2)CC(C25CC6CC(CC(C(=O)O)(C6)C2)C5)(C4)C3)nc2ccccc21. The van der Waals surface area contributed by atoms with Crippen LogP contribution in [0.1, 0.15) is 82.9 Å². The van der Waals surface area contributed by atoms with Gasteiger partial charge in [-0.2, -0.15) is 0 Å². The van der Waals surface area contributed by atoms with Gasteiger partial charge < -0.3 is 9.67 Å². The van der Waals surface area contributed by atoms with E-state index in [4.69, 9.17) is 4.98 Å². The molecule has 0 amide bonds. The molecule has 0 saturated heterocycles. The van der Waals surface area contributed by atoms with Crippen LogP contribution in [0.2, 0.25) is 0 Å². The van der Waals surface area contributed by atoms with Crippen molar-refractivity contribution in [1.29, 1.82) is 0 Å². The molecule has 174 valence electrons. The highest BCUT2D eigenvalue weighted by atomic mass is 16.4. The Morgan fingerprint density at radius 2 is 1.45 bits per heavy atom. The van der Waals surface area contributed by atoms with Crippen molar-refractivity contribution in [3.8, 4) is 0 Å². The Bertz CT molecular complexity index is 1170. The number of carboxylic acids is 1. The maximum Gasteiger partial charge on any atom is 0.309 e. The number of hydrogen-bond acceptors (Lipinski definition) is 2. The van der Waals surface area contributed by atoms with Crippen molar-refractivity contribution in [2.45, 2.75) is 82.5 Å². The molecule has 33 heavy (non-hydrogen) atoms. The van der Waals surface area contributed by atoms with Crippen LogP contribution in [0.25, 0.3) is 11.0 Å². The zero-order chi connectivity index (χ0) is 22.2. The molecule has 4 unspecified atom stereocenters. The van der Waals surface area contributed by atoms with E-state index in [-0.39, 0.29) is 10.8 Å². The van der Waals surface area contributed by atoms with Crippen molar-refractivity contribution in [2.24, 2.45) is 47.0 Å². The Hall–Kier alpha value is -1.84. The minimum absolute atomic E-state index is 0.192. The summed E-state index contributed by atoms with van der Waals surface area (Å²) in [6.45, 7) is 0. The zero-order valence-corrected chi connectivity index (χ0v) is 19.9. The van der Waals surface area contributed by atoms with Gasteiger partial charge in [0.05, 0.1) is 16.4 Å². The zero-order valence-electron chi connectivity index (χ0n) is 19.9. The lowest BCUT2D eigenvalue weighted by molar-refractivity contribution is -0.231. The highest BCUT2D eigenvalue weighted by Crippen LogP contribution is 2.78. The first-order valence-corrected chi connectivity index (χ1v) is 13.5. The smallest absolute Gasteiger partial charge is 0.309 e. The summed E-state index contributed by atoms with van der Waals surface area (Å²) >= 11 is 0. The number of carbonyl (C=O) groups is 1. The van der Waals surface area contributed by atoms with E-state index >= 15 is 0 Å². The van der Waals surface area contributed by atoms with Gasteiger partial charge in [0.25, 0.3) is 0 Å². The van der Waals surface area contributed by atoms with Crippen LogP contribution in [-0.2, 0) is 17.3 Å². The molecule has 4 heteroatoms. The maximum atomic E-state index is 12.6. The molecule has 1 aromatic carbocycles. The third-order valence-corrected chi connectivity index (χ3v) is 12.0. The molecule has 2 aromatic rings. The molecule has 1 heterocycles. The number of nitrogens with zero attached hydrogens (tertiary/aromatic N) is 2. The number of imidazole rings is 1. The van der Waals surface area contributed by atoms with Gasteiger partial charge in [0.1, 0.15) is 5.82 Å². The molecule has 0 aliphatic heterocycles. The number of aromatic nitrogens is 2. The Morgan fingerprint density at radius 1 is 0.879 bits per heavy atom. The van der Waals surface area contributed by atoms with Gasteiger partial charge in [-0.05, 0) is 124 Å². The summed E-state index contributed by atoms with van der Waals surface area (Å²) in [6.07, 6.45) is 14.8. The minimum atomic E-state index is -0.476. The Balaban J connectivity index is 1.27. The second-order valence-corrected chi connectivity index (χ2v) is 13.8. The lowest BCUT2D eigenvalue weighted by atomic mass is 9.31. The number of hydrogen-bond donors (Lipinski definition) is 1. The van der Waals surface area contributed by atoms with Crippen LogP contribution in [0.15, 0.2) is 24.3 Å². The van der Waals surface area contributed by atoms with Crippen LogP contribution < -0.4 is 0 Å². The van der Waals surface area contributed by atoms with Crippen LogP contribution in [0.3, 0.4) is 0 Å². The van der Waals surface area contributed by atoms with Crippen molar-refractivity contribution >= 4 is 17.0 Å². The summed E-state index contributed by atoms with van der Waals surface area (Å²) in [5.41, 5.74) is 2.78. The highest BCUT2D eigenvalue weighted by Gasteiger charge is 2.71. The molecular formula is C29H36N2O2. The van der Waals surface area contributed by atoms with Crippen molar-refractivity contribution < 1.29 is 9.90 Å². The van der Waals surface area contributed by atoms with E-state index in [0.717, 1.165) is 36.6 Å².